The number of aromatic nitrogens is 2. The van der Waals surface area contributed by atoms with Crippen LogP contribution in [0.4, 0.5) is 6.01 Å². The summed E-state index contributed by atoms with van der Waals surface area (Å²) in [6.45, 7) is 0.161. The number of nitrogens with zero attached hydrogens (tertiary/aromatic N) is 2. The van der Waals surface area contributed by atoms with Crippen molar-refractivity contribution in [3.63, 3.8) is 0 Å². The van der Waals surface area contributed by atoms with E-state index in [1.165, 1.54) is 24.0 Å². The lowest BCUT2D eigenvalue weighted by Gasteiger charge is -2.15. The Hall–Kier alpha value is -3.35. The summed E-state index contributed by atoms with van der Waals surface area (Å²) in [5.41, 5.74) is 4.02. The number of carbonyl (C=O) groups excluding carboxylic acids is 1. The lowest BCUT2D eigenvalue weighted by molar-refractivity contribution is 0.102. The zero-order chi connectivity index (χ0) is 18.2. The monoisotopic (exact) mass is 363 g/mol. The third-order valence-electron chi connectivity index (χ3n) is 4.88. The van der Waals surface area contributed by atoms with E-state index in [1.807, 2.05) is 6.07 Å². The van der Waals surface area contributed by atoms with Crippen molar-refractivity contribution in [2.24, 2.45) is 0 Å². The smallest absolute Gasteiger partial charge is 0.322 e. The van der Waals surface area contributed by atoms with Crippen LogP contribution in [0.25, 0.3) is 11.5 Å². The molecule has 1 N–H and O–H groups in total. The molecule has 1 aliphatic carbocycles. The number of fused-ring (bicyclic) bond motifs is 2. The summed E-state index contributed by atoms with van der Waals surface area (Å²) in [5.74, 6) is 1.21. The van der Waals surface area contributed by atoms with Crippen molar-refractivity contribution in [1.82, 2.24) is 10.2 Å². The second-order valence-electron chi connectivity index (χ2n) is 6.63. The molecule has 27 heavy (non-hydrogen) atoms. The van der Waals surface area contributed by atoms with Crippen LogP contribution in [-0.4, -0.2) is 22.9 Å². The third kappa shape index (κ3) is 3.01. The summed E-state index contributed by atoms with van der Waals surface area (Å²) < 4.78 is 16.2. The molecule has 5 rings (SSSR count). The molecule has 1 aromatic heterocycles. The van der Waals surface area contributed by atoms with E-state index in [2.05, 4.69) is 27.6 Å². The molecule has 0 atom stereocenters. The summed E-state index contributed by atoms with van der Waals surface area (Å²) in [7, 11) is 0. The fourth-order valence-corrected chi connectivity index (χ4v) is 3.46. The van der Waals surface area contributed by atoms with Gasteiger partial charge in [-0.1, -0.05) is 11.2 Å². The van der Waals surface area contributed by atoms with Gasteiger partial charge >= 0.3 is 6.01 Å². The molecule has 0 spiro atoms. The van der Waals surface area contributed by atoms with Crippen molar-refractivity contribution in [3.05, 3.63) is 53.1 Å². The van der Waals surface area contributed by atoms with Gasteiger partial charge in [-0.15, -0.1) is 5.10 Å². The van der Waals surface area contributed by atoms with Crippen LogP contribution in [0, 0.1) is 0 Å². The second-order valence-corrected chi connectivity index (χ2v) is 6.63. The fraction of sp³-hybridized carbons (Fsp3) is 0.250. The summed E-state index contributed by atoms with van der Waals surface area (Å²) in [4.78, 5) is 12.4. The van der Waals surface area contributed by atoms with Crippen LogP contribution in [0.5, 0.6) is 11.5 Å². The van der Waals surface area contributed by atoms with E-state index in [0.29, 0.717) is 23.0 Å². The number of carbonyl (C=O) groups is 1. The molecule has 136 valence electrons. The average Bonchev–Trinajstić information content (AvgIpc) is 3.36. The lowest BCUT2D eigenvalue weighted by Crippen LogP contribution is -2.12. The minimum Gasteiger partial charge on any atom is -0.454 e. The molecule has 1 amide bonds. The van der Waals surface area contributed by atoms with E-state index in [0.717, 1.165) is 18.4 Å². The highest BCUT2D eigenvalue weighted by Gasteiger charge is 2.18. The Morgan fingerprint density at radius 3 is 2.70 bits per heavy atom. The fourth-order valence-electron chi connectivity index (χ4n) is 3.46. The van der Waals surface area contributed by atoms with Gasteiger partial charge in [0.1, 0.15) is 0 Å². The topological polar surface area (TPSA) is 86.5 Å². The zero-order valence-corrected chi connectivity index (χ0v) is 14.5. The van der Waals surface area contributed by atoms with E-state index in [9.17, 15) is 4.79 Å². The van der Waals surface area contributed by atoms with Gasteiger partial charge in [-0.2, -0.15) is 0 Å². The van der Waals surface area contributed by atoms with Gasteiger partial charge in [0, 0.05) is 11.1 Å². The highest BCUT2D eigenvalue weighted by Crippen LogP contribution is 2.33. The van der Waals surface area contributed by atoms with E-state index in [4.69, 9.17) is 13.9 Å². The van der Waals surface area contributed by atoms with Crippen LogP contribution in [-0.2, 0) is 12.8 Å². The molecule has 0 saturated carbocycles. The van der Waals surface area contributed by atoms with Crippen molar-refractivity contribution in [2.45, 2.75) is 25.7 Å². The number of anilines is 1. The van der Waals surface area contributed by atoms with Crippen molar-refractivity contribution >= 4 is 11.9 Å². The van der Waals surface area contributed by atoms with Gasteiger partial charge < -0.3 is 13.9 Å². The summed E-state index contributed by atoms with van der Waals surface area (Å²) in [5, 5.41) is 10.6. The normalized spacial score (nSPS) is 14.7. The molecule has 2 aliphatic rings. The molecule has 3 aromatic rings. The van der Waals surface area contributed by atoms with Crippen molar-refractivity contribution in [3.8, 4) is 23.0 Å². The maximum atomic E-state index is 12.4. The number of benzene rings is 2. The Labute approximate surface area is 155 Å². The minimum atomic E-state index is -0.353. The highest BCUT2D eigenvalue weighted by atomic mass is 16.7. The molecule has 0 unspecified atom stereocenters. The maximum absolute atomic E-state index is 12.4. The van der Waals surface area contributed by atoms with Crippen LogP contribution < -0.4 is 14.8 Å². The van der Waals surface area contributed by atoms with Crippen molar-refractivity contribution in [1.29, 1.82) is 0 Å². The van der Waals surface area contributed by atoms with Gasteiger partial charge in [0.05, 0.1) is 0 Å². The Morgan fingerprint density at radius 2 is 1.78 bits per heavy atom. The van der Waals surface area contributed by atoms with Gasteiger partial charge in [0.15, 0.2) is 11.5 Å². The van der Waals surface area contributed by atoms with Gasteiger partial charge in [0.25, 0.3) is 5.91 Å². The number of hydrogen-bond donors (Lipinski definition) is 1. The molecule has 1 aliphatic heterocycles. The maximum Gasteiger partial charge on any atom is 0.322 e. The summed E-state index contributed by atoms with van der Waals surface area (Å²) in [6.07, 6.45) is 4.64. The summed E-state index contributed by atoms with van der Waals surface area (Å²) in [6, 6.07) is 11.3. The quantitative estimate of drug-likeness (QED) is 0.765. The molecule has 0 radical (unpaired) electrons. The number of rotatable bonds is 3. The van der Waals surface area contributed by atoms with Crippen LogP contribution in [0.15, 0.2) is 40.8 Å². The molecule has 0 saturated heterocycles. The van der Waals surface area contributed by atoms with Crippen LogP contribution in [0.3, 0.4) is 0 Å². The number of aryl methyl sites for hydroxylation is 2. The first-order valence-electron chi connectivity index (χ1n) is 8.93. The molecule has 7 nitrogen and oxygen atoms in total. The molecule has 2 aromatic carbocycles. The van der Waals surface area contributed by atoms with Gasteiger partial charge in [-0.3, -0.25) is 10.1 Å². The Morgan fingerprint density at radius 1 is 0.926 bits per heavy atom. The number of hydrogen-bond acceptors (Lipinski definition) is 6. The standard InChI is InChI=1S/C20H17N3O4/c24-18(14-7-8-16-17(10-14)26-11-25-16)21-20-23-22-19(27-20)15-6-5-12-3-1-2-4-13(12)9-15/h5-10H,1-4,11H2,(H,21,23,24). The predicted octanol–water partition coefficient (Wildman–Crippen LogP) is 3.60. The van der Waals surface area contributed by atoms with Crippen LogP contribution in [0.1, 0.15) is 34.3 Å². The van der Waals surface area contributed by atoms with E-state index in [1.54, 1.807) is 18.2 Å². The van der Waals surface area contributed by atoms with Gasteiger partial charge in [-0.05, 0) is 67.1 Å². The van der Waals surface area contributed by atoms with E-state index >= 15 is 0 Å². The summed E-state index contributed by atoms with van der Waals surface area (Å²) >= 11 is 0. The lowest BCUT2D eigenvalue weighted by atomic mass is 9.90. The molecule has 0 bridgehead atoms. The van der Waals surface area contributed by atoms with Crippen LogP contribution >= 0.6 is 0 Å². The zero-order valence-electron chi connectivity index (χ0n) is 14.5. The predicted molar refractivity (Wildman–Crippen MR) is 96.9 cm³/mol. The molecule has 7 heteroatoms. The Balaban J connectivity index is 1.34. The Kier molecular flexibility index (Phi) is 3.78. The first-order valence-corrected chi connectivity index (χ1v) is 8.93. The molecule has 2 heterocycles. The van der Waals surface area contributed by atoms with Gasteiger partial charge in [-0.25, -0.2) is 0 Å². The largest absolute Gasteiger partial charge is 0.454 e. The first-order chi connectivity index (χ1) is 13.3. The van der Waals surface area contributed by atoms with Crippen molar-refractivity contribution < 1.29 is 18.7 Å². The minimum absolute atomic E-state index is 0.0605. The molecule has 0 fully saturated rings. The van der Waals surface area contributed by atoms with Crippen molar-refractivity contribution in [2.75, 3.05) is 12.1 Å². The number of nitrogens with one attached hydrogen (secondary N) is 1. The first kappa shape index (κ1) is 15.9. The second kappa shape index (κ2) is 6.42. The molecular weight excluding hydrogens is 346 g/mol. The van der Waals surface area contributed by atoms with E-state index < -0.39 is 0 Å². The SMILES string of the molecule is O=C(Nc1nnc(-c2ccc3c(c2)CCCC3)o1)c1ccc2c(c1)OCO2. The average molecular weight is 363 g/mol. The van der Waals surface area contributed by atoms with Crippen LogP contribution in [0.2, 0.25) is 0 Å². The highest BCUT2D eigenvalue weighted by molar-refractivity contribution is 6.03. The number of amides is 1. The number of ether oxygens (including phenoxy) is 2. The van der Waals surface area contributed by atoms with Gasteiger partial charge in [0.2, 0.25) is 12.7 Å². The molecular formula is C20H17N3O4. The van der Waals surface area contributed by atoms with E-state index in [-0.39, 0.29) is 18.7 Å². The Bertz CT molecular complexity index is 1030. The third-order valence-corrected chi connectivity index (χ3v) is 4.88.